The first-order valence-electron chi connectivity index (χ1n) is 11.2. The van der Waals surface area contributed by atoms with Crippen LogP contribution in [0, 0.1) is 5.92 Å². The lowest BCUT2D eigenvalue weighted by atomic mass is 10.2. The minimum absolute atomic E-state index is 0.0143. The van der Waals surface area contributed by atoms with Crippen molar-refractivity contribution in [2.75, 3.05) is 13.2 Å². The van der Waals surface area contributed by atoms with Gasteiger partial charge in [0.25, 0.3) is 11.5 Å². The third-order valence-electron chi connectivity index (χ3n) is 7.24. The average molecular weight is 457 g/mol. The molecule has 2 saturated heterocycles. The van der Waals surface area contributed by atoms with Gasteiger partial charge in [-0.1, -0.05) is 6.08 Å². The minimum Gasteiger partial charge on any atom is -0.494 e. The van der Waals surface area contributed by atoms with Crippen molar-refractivity contribution in [2.45, 2.75) is 56.0 Å². The maximum absolute atomic E-state index is 14.5. The number of allylic oxidation sites excluding steroid dienone is 1. The molecule has 11 heteroatoms. The Bertz CT molecular complexity index is 1280. The molecule has 2 aliphatic carbocycles. The van der Waals surface area contributed by atoms with Crippen molar-refractivity contribution >= 4 is 17.5 Å². The van der Waals surface area contributed by atoms with Crippen LogP contribution in [-0.4, -0.2) is 67.0 Å². The second-order valence-corrected chi connectivity index (χ2v) is 9.64. The molecule has 4 aliphatic rings. The van der Waals surface area contributed by atoms with Crippen LogP contribution >= 0.6 is 0 Å². The van der Waals surface area contributed by atoms with Crippen LogP contribution in [0.1, 0.15) is 47.7 Å². The molecule has 2 bridgehead atoms. The molecule has 2 aromatic heterocycles. The third-order valence-corrected chi connectivity index (χ3v) is 7.24. The second kappa shape index (κ2) is 6.89. The van der Waals surface area contributed by atoms with E-state index in [0.717, 1.165) is 17.4 Å². The standard InChI is InChI=1S/C22H24FN5O5/c23-22(3-4-22)10-27-16-7-15(25-28(16)21(32)18(19(24)30)20(27)31)14-5-11(14)1-2-17(29)26-8-13-6-12(26)9-33-13/h1-2,7,11-14,31H,3-6,8-10H2,(H2,24,30)/b2-1+/t11?,12-,13-,14?/m1/s1. The number of alkyl halides is 1. The first kappa shape index (κ1) is 20.4. The van der Waals surface area contributed by atoms with E-state index in [1.807, 2.05) is 11.0 Å². The summed E-state index contributed by atoms with van der Waals surface area (Å²) in [6, 6.07) is 1.79. The molecule has 4 atom stereocenters. The van der Waals surface area contributed by atoms with E-state index in [-0.39, 0.29) is 42.1 Å². The Morgan fingerprint density at radius 3 is 2.79 bits per heavy atom. The minimum atomic E-state index is -1.49. The fourth-order valence-electron chi connectivity index (χ4n) is 5.04. The van der Waals surface area contributed by atoms with Crippen LogP contribution in [0.3, 0.4) is 0 Å². The van der Waals surface area contributed by atoms with E-state index >= 15 is 0 Å². The summed E-state index contributed by atoms with van der Waals surface area (Å²) in [6.07, 6.45) is 5.93. The van der Waals surface area contributed by atoms with Crippen LogP contribution in [0.25, 0.3) is 5.65 Å². The van der Waals surface area contributed by atoms with Crippen molar-refractivity contribution in [3.8, 4) is 5.88 Å². The quantitative estimate of drug-likeness (QED) is 0.606. The number of carbonyl (C=O) groups excluding carboxylic acids is 2. The maximum Gasteiger partial charge on any atom is 0.291 e. The molecule has 2 aromatic rings. The predicted octanol–water partition coefficient (Wildman–Crippen LogP) is 0.462. The lowest BCUT2D eigenvalue weighted by Crippen LogP contribution is -2.40. The molecule has 2 saturated carbocycles. The number of rotatable bonds is 6. The van der Waals surface area contributed by atoms with E-state index in [9.17, 15) is 23.9 Å². The number of hydrogen-bond donors (Lipinski definition) is 2. The van der Waals surface area contributed by atoms with Crippen LogP contribution in [0.4, 0.5) is 4.39 Å². The second-order valence-electron chi connectivity index (χ2n) is 9.64. The van der Waals surface area contributed by atoms with Crippen molar-refractivity contribution in [2.24, 2.45) is 11.7 Å². The summed E-state index contributed by atoms with van der Waals surface area (Å²) in [4.78, 5) is 38.9. The fourth-order valence-corrected chi connectivity index (χ4v) is 5.04. The molecular weight excluding hydrogens is 433 g/mol. The first-order chi connectivity index (χ1) is 15.7. The lowest BCUT2D eigenvalue weighted by molar-refractivity contribution is -0.130. The van der Waals surface area contributed by atoms with E-state index in [0.29, 0.717) is 31.7 Å². The predicted molar refractivity (Wildman–Crippen MR) is 113 cm³/mol. The van der Waals surface area contributed by atoms with E-state index in [1.54, 1.807) is 12.1 Å². The molecule has 4 fully saturated rings. The molecule has 2 amide bonds. The van der Waals surface area contributed by atoms with Crippen LogP contribution in [-0.2, 0) is 16.1 Å². The van der Waals surface area contributed by atoms with Gasteiger partial charge < -0.3 is 20.5 Å². The summed E-state index contributed by atoms with van der Waals surface area (Å²) in [5, 5.41) is 14.9. The SMILES string of the molecule is NC(=O)c1c(O)n(CC2(F)CC2)c2cc(C3CC3/C=C/C(=O)N3C[C@H]4C[C@@H]3CO4)nn2c1=O. The first-order valence-corrected chi connectivity index (χ1v) is 11.2. The third kappa shape index (κ3) is 3.33. The molecule has 0 aromatic carbocycles. The highest BCUT2D eigenvalue weighted by Crippen LogP contribution is 2.48. The van der Waals surface area contributed by atoms with Gasteiger partial charge in [0.15, 0.2) is 5.56 Å². The zero-order valence-electron chi connectivity index (χ0n) is 17.8. The number of morpholine rings is 1. The summed E-state index contributed by atoms with van der Waals surface area (Å²) in [5.74, 6) is -1.70. The Morgan fingerprint density at radius 2 is 2.15 bits per heavy atom. The number of nitrogens with zero attached hydrogens (tertiary/aromatic N) is 4. The molecule has 3 N–H and O–H groups in total. The Labute approximate surface area is 187 Å². The zero-order chi connectivity index (χ0) is 23.1. The molecule has 6 rings (SSSR count). The number of aromatic hydroxyl groups is 1. The Hall–Kier alpha value is -3.21. The molecule has 33 heavy (non-hydrogen) atoms. The lowest BCUT2D eigenvalue weighted by Gasteiger charge is -2.25. The highest BCUT2D eigenvalue weighted by atomic mass is 19.1. The summed E-state index contributed by atoms with van der Waals surface area (Å²) in [5.41, 5.74) is 3.16. The molecule has 174 valence electrons. The van der Waals surface area contributed by atoms with E-state index < -0.39 is 28.6 Å². The van der Waals surface area contributed by atoms with Gasteiger partial charge in [0, 0.05) is 18.5 Å². The van der Waals surface area contributed by atoms with Gasteiger partial charge in [-0.3, -0.25) is 19.0 Å². The normalized spacial score (nSPS) is 29.3. The maximum atomic E-state index is 14.5. The fraction of sp³-hybridized carbons (Fsp3) is 0.545. The number of likely N-dealkylation sites (tertiary alicyclic amines) is 1. The Kier molecular flexibility index (Phi) is 4.26. The van der Waals surface area contributed by atoms with Crippen molar-refractivity contribution in [1.29, 1.82) is 0 Å². The van der Waals surface area contributed by atoms with Gasteiger partial charge in [0.1, 0.15) is 11.3 Å². The zero-order valence-corrected chi connectivity index (χ0v) is 17.8. The van der Waals surface area contributed by atoms with Gasteiger partial charge in [0.2, 0.25) is 11.8 Å². The molecule has 0 spiro atoms. The largest absolute Gasteiger partial charge is 0.494 e. The monoisotopic (exact) mass is 457 g/mol. The van der Waals surface area contributed by atoms with Gasteiger partial charge in [-0.25, -0.2) is 4.39 Å². The Balaban J connectivity index is 1.27. The summed E-state index contributed by atoms with van der Waals surface area (Å²) < 4.78 is 22.3. The number of hydrogen-bond acceptors (Lipinski definition) is 6. The van der Waals surface area contributed by atoms with Crippen molar-refractivity contribution in [3.63, 3.8) is 0 Å². The molecular formula is C22H24FN5O5. The molecule has 2 aliphatic heterocycles. The smallest absolute Gasteiger partial charge is 0.291 e. The van der Waals surface area contributed by atoms with Crippen molar-refractivity contribution < 1.29 is 23.8 Å². The van der Waals surface area contributed by atoms with Gasteiger partial charge >= 0.3 is 0 Å². The van der Waals surface area contributed by atoms with E-state index in [4.69, 9.17) is 10.5 Å². The van der Waals surface area contributed by atoms with E-state index in [2.05, 4.69) is 5.10 Å². The average Bonchev–Trinajstić information content (AvgIpc) is 3.50. The van der Waals surface area contributed by atoms with E-state index in [1.165, 1.54) is 4.57 Å². The summed E-state index contributed by atoms with van der Waals surface area (Å²) in [6.45, 7) is 1.02. The van der Waals surface area contributed by atoms with Crippen LogP contribution in [0.5, 0.6) is 5.88 Å². The Morgan fingerprint density at radius 1 is 1.36 bits per heavy atom. The van der Waals surface area contributed by atoms with Crippen LogP contribution < -0.4 is 11.3 Å². The number of amides is 2. The number of carbonyl (C=O) groups is 2. The number of ether oxygens (including phenoxy) is 1. The van der Waals surface area contributed by atoms with Crippen LogP contribution in [0.2, 0.25) is 0 Å². The number of fused-ring (bicyclic) bond motifs is 3. The van der Waals surface area contributed by atoms with Gasteiger partial charge in [-0.2, -0.15) is 9.61 Å². The molecule has 0 radical (unpaired) electrons. The number of primary amides is 1. The number of nitrogens with two attached hydrogens (primary N) is 1. The highest BCUT2D eigenvalue weighted by Gasteiger charge is 2.45. The number of aromatic nitrogens is 3. The molecule has 4 heterocycles. The molecule has 10 nitrogen and oxygen atoms in total. The van der Waals surface area contributed by atoms with Gasteiger partial charge in [0.05, 0.1) is 31.0 Å². The van der Waals surface area contributed by atoms with Crippen LogP contribution in [0.15, 0.2) is 23.0 Å². The summed E-state index contributed by atoms with van der Waals surface area (Å²) in [7, 11) is 0. The van der Waals surface area contributed by atoms with Gasteiger partial charge in [-0.05, 0) is 37.7 Å². The highest BCUT2D eigenvalue weighted by molar-refractivity contribution is 5.95. The van der Waals surface area contributed by atoms with Crippen molar-refractivity contribution in [1.82, 2.24) is 19.1 Å². The number of halogens is 1. The topological polar surface area (TPSA) is 132 Å². The van der Waals surface area contributed by atoms with Crippen molar-refractivity contribution in [3.05, 3.63) is 39.8 Å². The van der Waals surface area contributed by atoms with Gasteiger partial charge in [-0.15, -0.1) is 0 Å². The summed E-state index contributed by atoms with van der Waals surface area (Å²) >= 11 is 0. The molecule has 2 unspecified atom stereocenters.